The number of aromatic nitrogens is 1. The molecule has 0 aliphatic heterocycles. The number of unbranched alkanes of at least 4 members (excludes halogenated alkanes) is 1. The predicted octanol–water partition coefficient (Wildman–Crippen LogP) is 3.67. The Balaban J connectivity index is 1.82. The molecule has 2 rings (SSSR count). The molecule has 0 unspecified atom stereocenters. The molecular formula is C16H21NO3S2. The quantitative estimate of drug-likeness (QED) is 0.544. The summed E-state index contributed by atoms with van der Waals surface area (Å²) in [6.07, 6.45) is 6.61. The summed E-state index contributed by atoms with van der Waals surface area (Å²) in [6.45, 7) is 2.39. The van der Waals surface area contributed by atoms with E-state index in [1.165, 1.54) is 10.4 Å². The monoisotopic (exact) mass is 339 g/mol. The molecule has 0 bridgehead atoms. The van der Waals surface area contributed by atoms with Crippen LogP contribution in [0.5, 0.6) is 0 Å². The molecule has 0 fully saturated rings. The highest BCUT2D eigenvalue weighted by Crippen LogP contribution is 2.25. The third-order valence-corrected chi connectivity index (χ3v) is 5.05. The number of rotatable bonds is 8. The predicted molar refractivity (Wildman–Crippen MR) is 90.7 cm³/mol. The van der Waals surface area contributed by atoms with Gasteiger partial charge in [0.05, 0.1) is 12.9 Å². The third kappa shape index (κ3) is 5.51. The summed E-state index contributed by atoms with van der Waals surface area (Å²) in [5.74, 6) is 0. The summed E-state index contributed by atoms with van der Waals surface area (Å²) >= 11 is 1.73. The van der Waals surface area contributed by atoms with Gasteiger partial charge in [-0.15, -0.1) is 11.3 Å². The average Bonchev–Trinajstić information content (AvgIpc) is 2.95. The molecule has 4 nitrogen and oxygen atoms in total. The molecule has 1 aromatic carbocycles. The van der Waals surface area contributed by atoms with E-state index in [2.05, 4.69) is 36.2 Å². The molecule has 0 radical (unpaired) electrons. The van der Waals surface area contributed by atoms with Crippen molar-refractivity contribution in [1.82, 2.24) is 4.98 Å². The highest BCUT2D eigenvalue weighted by Gasteiger charge is 2.04. The minimum Gasteiger partial charge on any atom is -0.270 e. The lowest BCUT2D eigenvalue weighted by atomic mass is 10.1. The first kappa shape index (κ1) is 17.1. The summed E-state index contributed by atoms with van der Waals surface area (Å²) in [5, 5.41) is 1.06. The van der Waals surface area contributed by atoms with E-state index in [9.17, 15) is 8.42 Å². The van der Waals surface area contributed by atoms with E-state index >= 15 is 0 Å². The minimum atomic E-state index is -3.31. The zero-order valence-electron chi connectivity index (χ0n) is 12.9. The van der Waals surface area contributed by atoms with E-state index in [0.29, 0.717) is 0 Å². The summed E-state index contributed by atoms with van der Waals surface area (Å²) in [4.78, 5) is 5.74. The van der Waals surface area contributed by atoms with E-state index in [0.717, 1.165) is 42.5 Å². The Labute approximate surface area is 136 Å². The molecule has 0 aliphatic rings. The van der Waals surface area contributed by atoms with Crippen LogP contribution in [0.15, 0.2) is 30.5 Å². The second-order valence-electron chi connectivity index (χ2n) is 5.17. The van der Waals surface area contributed by atoms with Gasteiger partial charge in [-0.1, -0.05) is 31.2 Å². The van der Waals surface area contributed by atoms with Gasteiger partial charge >= 0.3 is 0 Å². The minimum absolute atomic E-state index is 0.260. The van der Waals surface area contributed by atoms with Crippen LogP contribution in [-0.4, -0.2) is 26.3 Å². The van der Waals surface area contributed by atoms with Crippen LogP contribution in [0.3, 0.4) is 0 Å². The highest BCUT2D eigenvalue weighted by atomic mass is 32.2. The average molecular weight is 339 g/mol. The number of nitrogens with zero attached hydrogens (tertiary/aromatic N) is 1. The van der Waals surface area contributed by atoms with Crippen molar-refractivity contribution < 1.29 is 12.6 Å². The first-order chi connectivity index (χ1) is 10.5. The van der Waals surface area contributed by atoms with Crippen LogP contribution in [0.4, 0.5) is 0 Å². The topological polar surface area (TPSA) is 56.3 Å². The standard InChI is InChI=1S/C16H21NO3S2/c1-3-15-12-17-16(21-15)14-9-7-13(8-10-14)6-4-5-11-20-22(2,18)19/h7-10,12H,3-6,11H2,1-2H3. The lowest BCUT2D eigenvalue weighted by molar-refractivity contribution is 0.312. The van der Waals surface area contributed by atoms with E-state index in [4.69, 9.17) is 4.18 Å². The maximum Gasteiger partial charge on any atom is 0.264 e. The van der Waals surface area contributed by atoms with Gasteiger partial charge in [0.25, 0.3) is 10.1 Å². The molecule has 0 spiro atoms. The van der Waals surface area contributed by atoms with Crippen molar-refractivity contribution in [2.45, 2.75) is 32.6 Å². The summed E-state index contributed by atoms with van der Waals surface area (Å²) < 4.78 is 26.4. The van der Waals surface area contributed by atoms with Crippen LogP contribution in [-0.2, 0) is 27.1 Å². The third-order valence-electron chi connectivity index (χ3n) is 3.26. The van der Waals surface area contributed by atoms with Crippen LogP contribution >= 0.6 is 11.3 Å². The molecule has 1 aromatic heterocycles. The van der Waals surface area contributed by atoms with Gasteiger partial charge in [0, 0.05) is 16.6 Å². The van der Waals surface area contributed by atoms with Crippen molar-refractivity contribution in [2.24, 2.45) is 0 Å². The first-order valence-corrected chi connectivity index (χ1v) is 9.99. The Morgan fingerprint density at radius 2 is 1.91 bits per heavy atom. The highest BCUT2D eigenvalue weighted by molar-refractivity contribution is 7.85. The Bertz CT molecular complexity index is 690. The fraction of sp³-hybridized carbons (Fsp3) is 0.438. The smallest absolute Gasteiger partial charge is 0.264 e. The van der Waals surface area contributed by atoms with E-state index in [1.54, 1.807) is 11.3 Å². The summed E-state index contributed by atoms with van der Waals surface area (Å²) in [5.41, 5.74) is 2.39. The number of thiazole rings is 1. The summed E-state index contributed by atoms with van der Waals surface area (Å²) in [7, 11) is -3.31. The normalized spacial score (nSPS) is 11.7. The maximum absolute atomic E-state index is 10.8. The number of benzene rings is 1. The van der Waals surface area contributed by atoms with Crippen LogP contribution in [0.25, 0.3) is 10.6 Å². The van der Waals surface area contributed by atoms with Crippen LogP contribution < -0.4 is 0 Å². The molecule has 6 heteroatoms. The van der Waals surface area contributed by atoms with Crippen molar-refractivity contribution in [3.8, 4) is 10.6 Å². The van der Waals surface area contributed by atoms with E-state index < -0.39 is 10.1 Å². The molecule has 0 aliphatic carbocycles. The fourth-order valence-electron chi connectivity index (χ4n) is 2.06. The maximum atomic E-state index is 10.8. The van der Waals surface area contributed by atoms with Gasteiger partial charge < -0.3 is 0 Å². The molecule has 0 saturated carbocycles. The molecule has 0 N–H and O–H groups in total. The number of hydrogen-bond acceptors (Lipinski definition) is 5. The van der Waals surface area contributed by atoms with Gasteiger partial charge in [0.2, 0.25) is 0 Å². The van der Waals surface area contributed by atoms with Crippen molar-refractivity contribution in [2.75, 3.05) is 12.9 Å². The van der Waals surface area contributed by atoms with Crippen molar-refractivity contribution >= 4 is 21.5 Å². The van der Waals surface area contributed by atoms with Gasteiger partial charge in [0.1, 0.15) is 5.01 Å². The van der Waals surface area contributed by atoms with Crippen molar-refractivity contribution in [1.29, 1.82) is 0 Å². The largest absolute Gasteiger partial charge is 0.270 e. The van der Waals surface area contributed by atoms with Crippen LogP contribution in [0.1, 0.15) is 30.2 Å². The molecule has 0 amide bonds. The first-order valence-electron chi connectivity index (χ1n) is 7.36. The van der Waals surface area contributed by atoms with Gasteiger partial charge in [0.15, 0.2) is 0 Å². The molecule has 0 atom stereocenters. The molecule has 22 heavy (non-hydrogen) atoms. The van der Waals surface area contributed by atoms with Crippen molar-refractivity contribution in [3.05, 3.63) is 40.9 Å². The second-order valence-corrected chi connectivity index (χ2v) is 7.92. The number of aryl methyl sites for hydroxylation is 2. The van der Waals surface area contributed by atoms with E-state index in [1.807, 2.05) is 6.20 Å². The SMILES string of the molecule is CCc1cnc(-c2ccc(CCCCOS(C)(=O)=O)cc2)s1. The van der Waals surface area contributed by atoms with Gasteiger partial charge in [-0.05, 0) is 31.2 Å². The Hall–Kier alpha value is -1.24. The van der Waals surface area contributed by atoms with Gasteiger partial charge in [-0.2, -0.15) is 8.42 Å². The Morgan fingerprint density at radius 3 is 2.50 bits per heavy atom. The van der Waals surface area contributed by atoms with Gasteiger partial charge in [-0.3, -0.25) is 4.18 Å². The van der Waals surface area contributed by atoms with Crippen LogP contribution in [0, 0.1) is 0 Å². The lowest BCUT2D eigenvalue weighted by Gasteiger charge is -2.03. The zero-order chi connectivity index (χ0) is 16.0. The second kappa shape index (κ2) is 7.85. The molecule has 0 saturated heterocycles. The lowest BCUT2D eigenvalue weighted by Crippen LogP contribution is -2.04. The summed E-state index contributed by atoms with van der Waals surface area (Å²) in [6, 6.07) is 8.42. The molecule has 1 heterocycles. The van der Waals surface area contributed by atoms with Crippen molar-refractivity contribution in [3.63, 3.8) is 0 Å². The molecule has 120 valence electrons. The fourth-order valence-corrected chi connectivity index (χ4v) is 3.34. The number of hydrogen-bond donors (Lipinski definition) is 0. The Kier molecular flexibility index (Phi) is 6.11. The van der Waals surface area contributed by atoms with Gasteiger partial charge in [-0.25, -0.2) is 4.98 Å². The zero-order valence-corrected chi connectivity index (χ0v) is 14.5. The molecule has 2 aromatic rings. The van der Waals surface area contributed by atoms with E-state index in [-0.39, 0.29) is 6.61 Å². The van der Waals surface area contributed by atoms with Crippen LogP contribution in [0.2, 0.25) is 0 Å². The Morgan fingerprint density at radius 1 is 1.18 bits per heavy atom. The molecular weight excluding hydrogens is 318 g/mol.